The van der Waals surface area contributed by atoms with Gasteiger partial charge in [0, 0.05) is 50.0 Å². The summed E-state index contributed by atoms with van der Waals surface area (Å²) in [6.45, 7) is 2.23. The number of furan rings is 1. The summed E-state index contributed by atoms with van der Waals surface area (Å²) in [7, 11) is 0. The molecule has 0 spiro atoms. The van der Waals surface area contributed by atoms with E-state index in [2.05, 4.69) is 339 Å². The van der Waals surface area contributed by atoms with E-state index in [1.54, 1.807) is 0 Å². The van der Waals surface area contributed by atoms with Gasteiger partial charge in [-0.05, 0) is 144 Å². The number of para-hydroxylation sites is 4. The summed E-state index contributed by atoms with van der Waals surface area (Å²) in [5.74, 6) is 1.92. The van der Waals surface area contributed by atoms with Crippen LogP contribution in [0.5, 0.6) is 0 Å². The van der Waals surface area contributed by atoms with Crippen LogP contribution in [0.25, 0.3) is 162 Å². The lowest BCUT2D eigenvalue weighted by Crippen LogP contribution is -2.00. The number of fused-ring (bicyclic) bond motifs is 6. The molecule has 434 valence electrons. The fraction of sp³-hybridized carbons (Fsp3) is 0.0230. The number of benzene rings is 13. The van der Waals surface area contributed by atoms with E-state index in [0.29, 0.717) is 17.5 Å². The van der Waals surface area contributed by atoms with Crippen molar-refractivity contribution in [3.05, 3.63) is 339 Å². The zero-order valence-corrected chi connectivity index (χ0v) is 50.6. The minimum absolute atomic E-state index is 0.151. The summed E-state index contributed by atoms with van der Waals surface area (Å²) in [4.78, 5) is 15.9. The molecule has 1 atom stereocenters. The average molecular weight is 1180 g/mol. The summed E-state index contributed by atoms with van der Waals surface area (Å²) in [6.07, 6.45) is 8.68. The van der Waals surface area contributed by atoms with Gasteiger partial charge in [-0.25, -0.2) is 15.0 Å². The van der Waals surface area contributed by atoms with Crippen LogP contribution < -0.4 is 0 Å². The van der Waals surface area contributed by atoms with Crippen LogP contribution in [0, 0.1) is 0 Å². The molecule has 1 unspecified atom stereocenters. The number of allylic oxidation sites excluding steroid dienone is 3. The summed E-state index contributed by atoms with van der Waals surface area (Å²) >= 11 is 0. The normalized spacial score (nSPS) is 12.1. The van der Waals surface area contributed by atoms with Gasteiger partial charge in [-0.1, -0.05) is 280 Å². The third-order valence-corrected chi connectivity index (χ3v) is 17.8. The SMILES string of the molecule is CC(/C=C\C=C\n1c2ccccc2c2ccccc21)c1ccc(-c2nc(-c3ccc(-c4cc(-c5cccc(-c6ccccc6)c5)cc(-c5cccc6c5oc5ccccc56)c4)cc3)nc(-c3cccc(-c4cccc(-c5ccccc5-c5ccccc5)c4)c3)n2)cc1. The standard InChI is InChI=1S/C87H60N4O/c1-58(22-16-17-51-91-81-40-13-10-35-77(81)78-36-11-14-41-82(78)91)59-43-47-63(48-44-59)85-88-86(90-87(89-85)70-32-20-29-67(54-70)66-28-19-31-69(53-66)75-34-9-8-33-74(75)62-25-6-3-7-26-62)64-49-45-61(46-50-64)71-55-72(68-30-18-27-65(52-68)60-23-4-2-5-24-60)57-73(56-71)76-38-21-39-80-79-37-12-15-42-83(79)92-84(76)80/h2-58H,1H3/b22-16-,51-17+. The van der Waals surface area contributed by atoms with Crippen molar-refractivity contribution in [1.29, 1.82) is 0 Å². The van der Waals surface area contributed by atoms with E-state index in [1.165, 1.54) is 49.6 Å². The van der Waals surface area contributed by atoms with E-state index in [4.69, 9.17) is 19.4 Å². The lowest BCUT2D eigenvalue weighted by molar-refractivity contribution is 0.670. The van der Waals surface area contributed by atoms with Crippen molar-refractivity contribution in [1.82, 2.24) is 19.5 Å². The molecule has 0 bridgehead atoms. The first-order valence-electron chi connectivity index (χ1n) is 31.4. The van der Waals surface area contributed by atoms with Crippen molar-refractivity contribution in [2.75, 3.05) is 0 Å². The highest BCUT2D eigenvalue weighted by molar-refractivity contribution is 6.11. The first-order valence-corrected chi connectivity index (χ1v) is 31.4. The lowest BCUT2D eigenvalue weighted by Gasteiger charge is -2.14. The minimum Gasteiger partial charge on any atom is -0.455 e. The van der Waals surface area contributed by atoms with Gasteiger partial charge in [-0.15, -0.1) is 0 Å². The maximum atomic E-state index is 6.66. The summed E-state index contributed by atoms with van der Waals surface area (Å²) in [6, 6.07) is 112. The molecule has 5 nitrogen and oxygen atoms in total. The van der Waals surface area contributed by atoms with Gasteiger partial charge in [-0.2, -0.15) is 0 Å². The number of rotatable bonds is 14. The predicted octanol–water partition coefficient (Wildman–Crippen LogP) is 23.4. The largest absolute Gasteiger partial charge is 0.455 e. The average Bonchev–Trinajstić information content (AvgIpc) is 1.77. The molecular formula is C87H60N4O. The Hall–Kier alpha value is -12.1. The van der Waals surface area contributed by atoms with E-state index >= 15 is 0 Å². The van der Waals surface area contributed by atoms with Crippen LogP contribution >= 0.6 is 0 Å². The van der Waals surface area contributed by atoms with E-state index < -0.39 is 0 Å². The Bertz CT molecular complexity index is 5410. The minimum atomic E-state index is 0.151. The van der Waals surface area contributed by atoms with Crippen molar-refractivity contribution in [2.24, 2.45) is 0 Å². The Balaban J connectivity index is 0.762. The van der Waals surface area contributed by atoms with Crippen LogP contribution in [-0.4, -0.2) is 19.5 Å². The van der Waals surface area contributed by atoms with Gasteiger partial charge in [0.2, 0.25) is 0 Å². The van der Waals surface area contributed by atoms with Crippen LogP contribution in [0.4, 0.5) is 0 Å². The maximum absolute atomic E-state index is 6.66. The lowest BCUT2D eigenvalue weighted by atomic mass is 9.91. The zero-order chi connectivity index (χ0) is 61.3. The molecule has 16 rings (SSSR count). The Morgan fingerprint density at radius 1 is 0.293 bits per heavy atom. The molecule has 0 saturated heterocycles. The van der Waals surface area contributed by atoms with Gasteiger partial charge < -0.3 is 8.98 Å². The highest BCUT2D eigenvalue weighted by Crippen LogP contribution is 2.42. The van der Waals surface area contributed by atoms with E-state index in [1.807, 2.05) is 12.1 Å². The van der Waals surface area contributed by atoms with Crippen molar-refractivity contribution < 1.29 is 4.42 Å². The zero-order valence-electron chi connectivity index (χ0n) is 50.6. The molecular weight excluding hydrogens is 1120 g/mol. The molecule has 92 heavy (non-hydrogen) atoms. The van der Waals surface area contributed by atoms with Crippen LogP contribution in [0.15, 0.2) is 338 Å². The maximum Gasteiger partial charge on any atom is 0.164 e. The molecule has 0 saturated carbocycles. The number of hydrogen-bond donors (Lipinski definition) is 0. The fourth-order valence-corrected chi connectivity index (χ4v) is 13.0. The Morgan fingerprint density at radius 3 is 1.36 bits per heavy atom. The van der Waals surface area contributed by atoms with Crippen molar-refractivity contribution >= 4 is 49.9 Å². The Kier molecular flexibility index (Phi) is 14.5. The first-order chi connectivity index (χ1) is 45.5. The second-order valence-corrected chi connectivity index (χ2v) is 23.5. The Labute approximate surface area is 534 Å². The molecule has 3 heterocycles. The van der Waals surface area contributed by atoms with Crippen LogP contribution in [0.3, 0.4) is 0 Å². The molecule has 0 aliphatic heterocycles. The van der Waals surface area contributed by atoms with Crippen LogP contribution in [0.2, 0.25) is 0 Å². The van der Waals surface area contributed by atoms with E-state index in [0.717, 1.165) is 94.3 Å². The Morgan fingerprint density at radius 2 is 0.696 bits per heavy atom. The number of hydrogen-bond acceptors (Lipinski definition) is 4. The quantitative estimate of drug-likeness (QED) is 0.102. The van der Waals surface area contributed by atoms with Crippen LogP contribution in [0.1, 0.15) is 18.4 Å². The predicted molar refractivity (Wildman–Crippen MR) is 384 cm³/mol. The van der Waals surface area contributed by atoms with Crippen molar-refractivity contribution in [3.63, 3.8) is 0 Å². The molecule has 3 aromatic heterocycles. The monoisotopic (exact) mass is 1180 g/mol. The van der Waals surface area contributed by atoms with Gasteiger partial charge in [-0.3, -0.25) is 0 Å². The van der Waals surface area contributed by atoms with Crippen molar-refractivity contribution in [3.8, 4) is 112 Å². The summed E-state index contributed by atoms with van der Waals surface area (Å²) < 4.78 is 8.93. The van der Waals surface area contributed by atoms with E-state index in [-0.39, 0.29) is 5.92 Å². The number of aromatic nitrogens is 4. The smallest absolute Gasteiger partial charge is 0.164 e. The van der Waals surface area contributed by atoms with Crippen molar-refractivity contribution in [2.45, 2.75) is 12.8 Å². The molecule has 13 aromatic carbocycles. The molecule has 0 aliphatic rings. The fourth-order valence-electron chi connectivity index (χ4n) is 13.0. The molecule has 5 heteroatoms. The van der Waals surface area contributed by atoms with Gasteiger partial charge >= 0.3 is 0 Å². The first kappa shape index (κ1) is 55.3. The topological polar surface area (TPSA) is 56.7 Å². The van der Waals surface area contributed by atoms with Gasteiger partial charge in [0.15, 0.2) is 17.5 Å². The van der Waals surface area contributed by atoms with Gasteiger partial charge in [0.1, 0.15) is 11.2 Å². The molecule has 0 radical (unpaired) electrons. The highest BCUT2D eigenvalue weighted by atomic mass is 16.3. The summed E-state index contributed by atoms with van der Waals surface area (Å²) in [5, 5.41) is 4.70. The van der Waals surface area contributed by atoms with E-state index in [9.17, 15) is 0 Å². The van der Waals surface area contributed by atoms with Gasteiger partial charge in [0.05, 0.1) is 11.0 Å². The number of nitrogens with zero attached hydrogens (tertiary/aromatic N) is 4. The second-order valence-electron chi connectivity index (χ2n) is 23.5. The van der Waals surface area contributed by atoms with Gasteiger partial charge in [0.25, 0.3) is 0 Å². The molecule has 0 fully saturated rings. The molecule has 16 aromatic rings. The summed E-state index contributed by atoms with van der Waals surface area (Å²) in [5.41, 5.74) is 23.7. The third kappa shape index (κ3) is 10.8. The molecule has 0 aliphatic carbocycles. The molecule has 0 N–H and O–H groups in total. The highest BCUT2D eigenvalue weighted by Gasteiger charge is 2.19. The second kappa shape index (κ2) is 24.1. The third-order valence-electron chi connectivity index (χ3n) is 17.8. The molecule has 0 amide bonds. The van der Waals surface area contributed by atoms with Crippen LogP contribution in [-0.2, 0) is 0 Å².